The molecule has 1 N–H and O–H groups in total. The fraction of sp³-hybridized carbons (Fsp3) is 0.222. The van der Waals surface area contributed by atoms with Gasteiger partial charge in [0.2, 0.25) is 0 Å². The molecule has 0 aliphatic rings. The number of nitrogens with one attached hydrogen (secondary N) is 1. The number of hydrogen-bond acceptors (Lipinski definition) is 1. The zero-order chi connectivity index (χ0) is 8.10. The van der Waals surface area contributed by atoms with Crippen LogP contribution in [0.2, 0.25) is 0 Å². The largest absolute Gasteiger partial charge is 0.311 e. The molecule has 0 fully saturated rings. The first-order valence-electron chi connectivity index (χ1n) is 3.51. The summed E-state index contributed by atoms with van der Waals surface area (Å²) in [5.74, 6) is 0. The second-order valence-corrected chi connectivity index (χ2v) is 3.25. The average Bonchev–Trinajstić information content (AvgIpc) is 2.04. The summed E-state index contributed by atoms with van der Waals surface area (Å²) in [5.41, 5.74) is 1.30. The summed E-state index contributed by atoms with van der Waals surface area (Å²) in [6, 6.07) is 8.24. The standard InChI is InChI=1S/C9H10BrN/c1-11-7-6-8-2-4-9(10)5-3-8/h1-5,11H,6-7H2. The third-order valence-electron chi connectivity index (χ3n) is 1.47. The Kier molecular flexibility index (Phi) is 3.60. The highest BCUT2D eigenvalue weighted by Gasteiger charge is 1.90. The minimum absolute atomic E-state index is 0.821. The quantitative estimate of drug-likeness (QED) is 0.757. The monoisotopic (exact) mass is 211 g/mol. The van der Waals surface area contributed by atoms with Crippen LogP contribution in [0.25, 0.3) is 0 Å². The molecule has 2 heteroatoms. The lowest BCUT2D eigenvalue weighted by atomic mass is 10.1. The second kappa shape index (κ2) is 4.52. The van der Waals surface area contributed by atoms with Gasteiger partial charge in [-0.1, -0.05) is 28.1 Å². The van der Waals surface area contributed by atoms with Crippen molar-refractivity contribution in [2.45, 2.75) is 6.42 Å². The summed E-state index contributed by atoms with van der Waals surface area (Å²) in [7, 11) is 5.15. The Bertz CT molecular complexity index is 205. The zero-order valence-electron chi connectivity index (χ0n) is 6.18. The third kappa shape index (κ3) is 3.04. The van der Waals surface area contributed by atoms with Gasteiger partial charge in [0.15, 0.2) is 0 Å². The molecule has 0 aliphatic heterocycles. The Morgan fingerprint density at radius 1 is 1.27 bits per heavy atom. The molecular weight excluding hydrogens is 202 g/mol. The van der Waals surface area contributed by atoms with Crippen molar-refractivity contribution in [1.82, 2.24) is 5.32 Å². The van der Waals surface area contributed by atoms with Crippen molar-refractivity contribution in [3.05, 3.63) is 41.3 Å². The lowest BCUT2D eigenvalue weighted by Crippen LogP contribution is -2.07. The van der Waals surface area contributed by atoms with E-state index in [2.05, 4.69) is 33.4 Å². The molecule has 0 unspecified atom stereocenters. The summed E-state index contributed by atoms with van der Waals surface area (Å²) >= 11 is 3.37. The summed E-state index contributed by atoms with van der Waals surface area (Å²) in [4.78, 5) is 0. The number of hydrogen-bond donors (Lipinski definition) is 1. The molecule has 1 rings (SSSR count). The van der Waals surface area contributed by atoms with Crippen molar-refractivity contribution in [3.63, 3.8) is 0 Å². The molecule has 1 aromatic rings. The van der Waals surface area contributed by atoms with Gasteiger partial charge in [-0.25, -0.2) is 0 Å². The van der Waals surface area contributed by atoms with Gasteiger partial charge in [0.05, 0.1) is 0 Å². The van der Waals surface area contributed by atoms with E-state index in [0.717, 1.165) is 17.4 Å². The van der Waals surface area contributed by atoms with Gasteiger partial charge in [-0.15, -0.1) is 0 Å². The Morgan fingerprint density at radius 2 is 1.91 bits per heavy atom. The Balaban J connectivity index is 2.52. The van der Waals surface area contributed by atoms with Gasteiger partial charge in [0.1, 0.15) is 0 Å². The SMILES string of the molecule is [CH]NCCc1ccc(Br)cc1. The topological polar surface area (TPSA) is 12.0 Å². The van der Waals surface area contributed by atoms with Crippen LogP contribution in [0.15, 0.2) is 28.7 Å². The highest BCUT2D eigenvalue weighted by molar-refractivity contribution is 9.10. The molecule has 0 aliphatic carbocycles. The van der Waals surface area contributed by atoms with Gasteiger partial charge in [0.25, 0.3) is 0 Å². The molecule has 1 aromatic carbocycles. The molecule has 0 saturated carbocycles. The second-order valence-electron chi connectivity index (χ2n) is 2.33. The van der Waals surface area contributed by atoms with E-state index in [-0.39, 0.29) is 0 Å². The van der Waals surface area contributed by atoms with Gasteiger partial charge >= 0.3 is 0 Å². The fourth-order valence-electron chi connectivity index (χ4n) is 0.868. The van der Waals surface area contributed by atoms with Crippen molar-refractivity contribution >= 4 is 15.9 Å². The Labute approximate surface area is 75.9 Å². The molecule has 0 bridgehead atoms. The molecule has 1 nitrogen and oxygen atoms in total. The lowest BCUT2D eigenvalue weighted by molar-refractivity contribution is 0.829. The molecule has 2 radical (unpaired) electrons. The first-order chi connectivity index (χ1) is 5.33. The predicted octanol–water partition coefficient (Wildman–Crippen LogP) is 2.25. The van der Waals surface area contributed by atoms with Crippen molar-refractivity contribution in [2.24, 2.45) is 0 Å². The first-order valence-corrected chi connectivity index (χ1v) is 4.30. The lowest BCUT2D eigenvalue weighted by Gasteiger charge is -1.99. The fourth-order valence-corrected chi connectivity index (χ4v) is 1.13. The van der Waals surface area contributed by atoms with Gasteiger partial charge in [-0.2, -0.15) is 0 Å². The van der Waals surface area contributed by atoms with E-state index in [1.54, 1.807) is 0 Å². The van der Waals surface area contributed by atoms with Gasteiger partial charge in [-0.05, 0) is 30.7 Å². The smallest absolute Gasteiger partial charge is 0.0407 e. The Morgan fingerprint density at radius 3 is 2.45 bits per heavy atom. The van der Waals surface area contributed by atoms with E-state index in [0.29, 0.717) is 0 Å². The Hall–Kier alpha value is -0.340. The normalized spacial score (nSPS) is 10.0. The van der Waals surface area contributed by atoms with Crippen LogP contribution in [0.4, 0.5) is 0 Å². The van der Waals surface area contributed by atoms with Crippen LogP contribution < -0.4 is 5.32 Å². The molecule has 0 atom stereocenters. The first kappa shape index (κ1) is 8.75. The minimum Gasteiger partial charge on any atom is -0.311 e. The van der Waals surface area contributed by atoms with Crippen molar-refractivity contribution < 1.29 is 0 Å². The maximum absolute atomic E-state index is 5.15. The van der Waals surface area contributed by atoms with E-state index < -0.39 is 0 Å². The molecule has 0 heterocycles. The van der Waals surface area contributed by atoms with E-state index in [1.165, 1.54) is 5.56 Å². The summed E-state index contributed by atoms with van der Waals surface area (Å²) in [5, 5.41) is 2.62. The molecule has 11 heavy (non-hydrogen) atoms. The van der Waals surface area contributed by atoms with Gasteiger partial charge in [-0.3, -0.25) is 0 Å². The van der Waals surface area contributed by atoms with Gasteiger partial charge in [0, 0.05) is 11.5 Å². The molecule has 58 valence electrons. The molecule has 0 spiro atoms. The third-order valence-corrected chi connectivity index (χ3v) is 2.00. The average molecular weight is 212 g/mol. The summed E-state index contributed by atoms with van der Waals surface area (Å²) in [6.07, 6.45) is 0.976. The molecule has 0 aromatic heterocycles. The van der Waals surface area contributed by atoms with Gasteiger partial charge < -0.3 is 5.32 Å². The van der Waals surface area contributed by atoms with Crippen LogP contribution in [0.3, 0.4) is 0 Å². The predicted molar refractivity (Wildman–Crippen MR) is 50.1 cm³/mol. The molecular formula is C9H10BrN. The minimum atomic E-state index is 0.821. The maximum atomic E-state index is 5.15. The number of benzene rings is 1. The summed E-state index contributed by atoms with van der Waals surface area (Å²) in [6.45, 7) is 0.821. The number of rotatable bonds is 3. The van der Waals surface area contributed by atoms with Crippen molar-refractivity contribution in [1.29, 1.82) is 0 Å². The highest BCUT2D eigenvalue weighted by atomic mass is 79.9. The van der Waals surface area contributed by atoms with E-state index in [4.69, 9.17) is 7.05 Å². The zero-order valence-corrected chi connectivity index (χ0v) is 7.76. The van der Waals surface area contributed by atoms with E-state index >= 15 is 0 Å². The van der Waals surface area contributed by atoms with Crippen molar-refractivity contribution in [3.8, 4) is 0 Å². The van der Waals surface area contributed by atoms with E-state index in [1.807, 2.05) is 12.1 Å². The number of halogens is 1. The molecule has 0 saturated heterocycles. The van der Waals surface area contributed by atoms with Crippen LogP contribution in [0, 0.1) is 7.05 Å². The van der Waals surface area contributed by atoms with Crippen LogP contribution >= 0.6 is 15.9 Å². The van der Waals surface area contributed by atoms with E-state index in [9.17, 15) is 0 Å². The van der Waals surface area contributed by atoms with Crippen LogP contribution in [0.1, 0.15) is 5.56 Å². The van der Waals surface area contributed by atoms with Crippen LogP contribution in [0.5, 0.6) is 0 Å². The van der Waals surface area contributed by atoms with Crippen LogP contribution in [-0.2, 0) is 6.42 Å². The maximum Gasteiger partial charge on any atom is 0.0407 e. The summed E-state index contributed by atoms with van der Waals surface area (Å²) < 4.78 is 1.11. The highest BCUT2D eigenvalue weighted by Crippen LogP contribution is 2.10. The van der Waals surface area contributed by atoms with Crippen molar-refractivity contribution in [2.75, 3.05) is 6.54 Å². The molecule has 0 amide bonds. The van der Waals surface area contributed by atoms with Crippen LogP contribution in [-0.4, -0.2) is 6.54 Å².